The monoisotopic (exact) mass is 507 g/mol. The van der Waals surface area contributed by atoms with Crippen molar-refractivity contribution >= 4 is 33.4 Å². The third-order valence-electron chi connectivity index (χ3n) is 6.72. The highest BCUT2D eigenvalue weighted by atomic mass is 19.1. The molecular formula is C27H27F2N5O3. The summed E-state index contributed by atoms with van der Waals surface area (Å²) in [7, 11) is 1.40. The van der Waals surface area contributed by atoms with E-state index in [2.05, 4.69) is 20.3 Å². The van der Waals surface area contributed by atoms with Crippen molar-refractivity contribution in [2.45, 2.75) is 39.2 Å². The number of halogens is 2. The number of hydrogen-bond acceptors (Lipinski definition) is 7. The van der Waals surface area contributed by atoms with Gasteiger partial charge in [0.2, 0.25) is 5.91 Å². The third kappa shape index (κ3) is 4.47. The Hall–Kier alpha value is -4.08. The molecule has 2 N–H and O–H groups in total. The molecule has 1 unspecified atom stereocenters. The molecule has 10 heteroatoms. The number of hydrogen-bond donors (Lipinski definition) is 2. The Morgan fingerprint density at radius 2 is 2.08 bits per heavy atom. The fourth-order valence-corrected chi connectivity index (χ4v) is 5.15. The van der Waals surface area contributed by atoms with Gasteiger partial charge in [0.15, 0.2) is 5.82 Å². The van der Waals surface area contributed by atoms with Gasteiger partial charge in [0.1, 0.15) is 28.6 Å². The SMILES string of the molecule is CCc1c(F)ccc2cc(O)cc(-c3ncc4c(N5CCCC(NC(C)=O)C5)nc(OC)nc4c3F)c12. The zero-order valence-corrected chi connectivity index (χ0v) is 20.8. The summed E-state index contributed by atoms with van der Waals surface area (Å²) in [5.74, 6) is -0.886. The van der Waals surface area contributed by atoms with Gasteiger partial charge in [-0.1, -0.05) is 13.0 Å². The van der Waals surface area contributed by atoms with E-state index in [4.69, 9.17) is 4.74 Å². The number of piperidine rings is 1. The summed E-state index contributed by atoms with van der Waals surface area (Å²) >= 11 is 0. The zero-order valence-electron chi connectivity index (χ0n) is 20.8. The van der Waals surface area contributed by atoms with Crippen LogP contribution >= 0.6 is 0 Å². The third-order valence-corrected chi connectivity index (χ3v) is 6.72. The standard InChI is InChI=1S/C27H27F2N5O3/c1-4-18-21(28)8-7-15-10-17(36)11-19(22(15)18)24-23(29)25-20(12-30-24)26(33-27(32-25)37-3)34-9-5-6-16(13-34)31-14(2)35/h7-8,10-12,16,36H,4-6,9,13H2,1-3H3,(H,31,35). The number of ether oxygens (including phenoxy) is 1. The largest absolute Gasteiger partial charge is 0.508 e. The van der Waals surface area contributed by atoms with E-state index in [9.17, 15) is 14.3 Å². The summed E-state index contributed by atoms with van der Waals surface area (Å²) in [6, 6.07) is 5.71. The van der Waals surface area contributed by atoms with Gasteiger partial charge in [-0.15, -0.1) is 0 Å². The van der Waals surface area contributed by atoms with Crippen LogP contribution in [0.4, 0.5) is 14.6 Å². The van der Waals surface area contributed by atoms with Crippen LogP contribution in [0.2, 0.25) is 0 Å². The number of rotatable bonds is 5. The fraction of sp³-hybridized carbons (Fsp3) is 0.333. The van der Waals surface area contributed by atoms with E-state index >= 15 is 4.39 Å². The predicted octanol–water partition coefficient (Wildman–Crippen LogP) is 4.50. The lowest BCUT2D eigenvalue weighted by Gasteiger charge is -2.34. The molecule has 1 amide bonds. The maximum absolute atomic E-state index is 16.2. The van der Waals surface area contributed by atoms with E-state index in [0.29, 0.717) is 47.1 Å². The van der Waals surface area contributed by atoms with E-state index in [-0.39, 0.29) is 40.5 Å². The Balaban J connectivity index is 1.71. The first-order chi connectivity index (χ1) is 17.8. The van der Waals surface area contributed by atoms with Crippen LogP contribution in [0.15, 0.2) is 30.5 Å². The van der Waals surface area contributed by atoms with Crippen molar-refractivity contribution in [1.82, 2.24) is 20.3 Å². The minimum absolute atomic E-state index is 0.000514. The molecule has 192 valence electrons. The summed E-state index contributed by atoms with van der Waals surface area (Å²) in [4.78, 5) is 26.8. The molecule has 1 fully saturated rings. The molecule has 0 aliphatic carbocycles. The van der Waals surface area contributed by atoms with Gasteiger partial charge in [0.05, 0.1) is 12.5 Å². The van der Waals surface area contributed by atoms with Gasteiger partial charge >= 0.3 is 6.01 Å². The average Bonchev–Trinajstić information content (AvgIpc) is 2.88. The quantitative estimate of drug-likeness (QED) is 0.410. The van der Waals surface area contributed by atoms with Crippen molar-refractivity contribution in [1.29, 1.82) is 0 Å². The minimum Gasteiger partial charge on any atom is -0.508 e. The lowest BCUT2D eigenvalue weighted by atomic mass is 9.94. The Labute approximate surface area is 212 Å². The molecule has 3 heterocycles. The number of methoxy groups -OCH3 is 1. The van der Waals surface area contributed by atoms with E-state index < -0.39 is 11.6 Å². The topological polar surface area (TPSA) is 100 Å². The fourth-order valence-electron chi connectivity index (χ4n) is 5.15. The van der Waals surface area contributed by atoms with Gasteiger partial charge in [0, 0.05) is 37.8 Å². The first-order valence-corrected chi connectivity index (χ1v) is 12.2. The number of anilines is 1. The van der Waals surface area contributed by atoms with Crippen molar-refractivity contribution in [3.63, 3.8) is 0 Å². The maximum Gasteiger partial charge on any atom is 0.318 e. The van der Waals surface area contributed by atoms with Crippen LogP contribution in [-0.2, 0) is 11.2 Å². The second-order valence-electron chi connectivity index (χ2n) is 9.17. The summed E-state index contributed by atoms with van der Waals surface area (Å²) < 4.78 is 36.2. The molecule has 1 aliphatic heterocycles. The van der Waals surface area contributed by atoms with Crippen molar-refractivity contribution < 1.29 is 23.4 Å². The molecule has 2 aromatic heterocycles. The maximum atomic E-state index is 16.2. The number of phenolic OH excluding ortho intramolecular Hbond substituents is 1. The summed E-state index contributed by atoms with van der Waals surface area (Å²) in [5, 5.41) is 14.8. The van der Waals surface area contributed by atoms with Crippen LogP contribution < -0.4 is 15.0 Å². The van der Waals surface area contributed by atoms with Gasteiger partial charge in [-0.3, -0.25) is 9.78 Å². The molecule has 1 saturated heterocycles. The summed E-state index contributed by atoms with van der Waals surface area (Å²) in [6.45, 7) is 4.44. The molecule has 0 spiro atoms. The van der Waals surface area contributed by atoms with Crippen LogP contribution in [-0.4, -0.2) is 52.2 Å². The molecule has 0 bridgehead atoms. The number of pyridine rings is 1. The van der Waals surface area contributed by atoms with Gasteiger partial charge in [-0.05, 0) is 53.8 Å². The zero-order chi connectivity index (χ0) is 26.3. The number of nitrogens with one attached hydrogen (secondary N) is 1. The number of fused-ring (bicyclic) bond motifs is 2. The van der Waals surface area contributed by atoms with Crippen LogP contribution in [0.5, 0.6) is 11.8 Å². The van der Waals surface area contributed by atoms with Crippen molar-refractivity contribution in [2.75, 3.05) is 25.1 Å². The number of carbonyl (C=O) groups excluding carboxylic acids is 1. The molecule has 5 rings (SSSR count). The minimum atomic E-state index is -0.729. The highest BCUT2D eigenvalue weighted by Gasteiger charge is 2.26. The normalized spacial score (nSPS) is 15.8. The predicted molar refractivity (Wildman–Crippen MR) is 137 cm³/mol. The van der Waals surface area contributed by atoms with Crippen LogP contribution in [0.3, 0.4) is 0 Å². The number of aryl methyl sites for hydroxylation is 1. The number of aromatic nitrogens is 3. The van der Waals surface area contributed by atoms with Crippen molar-refractivity contribution in [3.05, 3.63) is 47.7 Å². The number of nitrogens with zero attached hydrogens (tertiary/aromatic N) is 4. The second-order valence-corrected chi connectivity index (χ2v) is 9.17. The van der Waals surface area contributed by atoms with E-state index in [1.54, 1.807) is 6.07 Å². The summed E-state index contributed by atoms with van der Waals surface area (Å²) in [6.07, 6.45) is 3.51. The highest BCUT2D eigenvalue weighted by molar-refractivity contribution is 6.01. The Morgan fingerprint density at radius 1 is 1.27 bits per heavy atom. The summed E-state index contributed by atoms with van der Waals surface area (Å²) in [5.41, 5.74) is 0.621. The van der Waals surface area contributed by atoms with E-state index in [0.717, 1.165) is 12.8 Å². The first kappa shape index (κ1) is 24.6. The van der Waals surface area contributed by atoms with Crippen molar-refractivity contribution in [2.24, 2.45) is 0 Å². The number of amides is 1. The van der Waals surface area contributed by atoms with E-state index in [1.807, 2.05) is 11.8 Å². The van der Waals surface area contributed by atoms with Gasteiger partial charge in [-0.25, -0.2) is 8.78 Å². The molecule has 0 radical (unpaired) electrons. The number of carbonyl (C=O) groups is 1. The van der Waals surface area contributed by atoms with Crippen LogP contribution in [0, 0.1) is 11.6 Å². The lowest BCUT2D eigenvalue weighted by molar-refractivity contribution is -0.119. The molecule has 1 aliphatic rings. The Morgan fingerprint density at radius 3 is 2.81 bits per heavy atom. The van der Waals surface area contributed by atoms with E-state index in [1.165, 1.54) is 38.4 Å². The molecule has 8 nitrogen and oxygen atoms in total. The van der Waals surface area contributed by atoms with Crippen LogP contribution in [0.25, 0.3) is 32.9 Å². The first-order valence-electron chi connectivity index (χ1n) is 12.2. The average molecular weight is 508 g/mol. The number of phenols is 1. The van der Waals surface area contributed by atoms with Crippen molar-refractivity contribution in [3.8, 4) is 23.0 Å². The number of benzene rings is 2. The Kier molecular flexibility index (Phi) is 6.49. The smallest absolute Gasteiger partial charge is 0.318 e. The van der Waals surface area contributed by atoms with Gasteiger partial charge in [-0.2, -0.15) is 9.97 Å². The Bertz CT molecular complexity index is 1530. The molecule has 4 aromatic rings. The second kappa shape index (κ2) is 9.76. The van der Waals surface area contributed by atoms with Gasteiger partial charge < -0.3 is 20.1 Å². The van der Waals surface area contributed by atoms with Crippen LogP contribution in [0.1, 0.15) is 32.3 Å². The molecule has 2 aromatic carbocycles. The molecule has 1 atom stereocenters. The van der Waals surface area contributed by atoms with Gasteiger partial charge in [0.25, 0.3) is 0 Å². The molecule has 37 heavy (non-hydrogen) atoms. The molecule has 0 saturated carbocycles. The number of aromatic hydroxyl groups is 1. The lowest BCUT2D eigenvalue weighted by Crippen LogP contribution is -2.47. The molecular weight excluding hydrogens is 480 g/mol. The highest BCUT2D eigenvalue weighted by Crippen LogP contribution is 2.39.